The molecule has 0 unspecified atom stereocenters. The molecule has 0 fully saturated rings. The molecular weight excluding hydrogens is 298 g/mol. The fourth-order valence-corrected chi connectivity index (χ4v) is 1.59. The zero-order chi connectivity index (χ0) is 13.5. The number of rotatable bonds is 3. The lowest BCUT2D eigenvalue weighted by molar-refractivity contribution is 0.412. The number of methoxy groups -OCH3 is 1. The van der Waals surface area contributed by atoms with E-state index in [1.165, 1.54) is 7.11 Å². The first-order valence-electron chi connectivity index (χ1n) is 4.57. The molecule has 0 spiro atoms. The highest BCUT2D eigenvalue weighted by Crippen LogP contribution is 2.31. The SMILES string of the molecule is COc1cc(NN=C(C#N)C#N)c(C#N)cc1Br. The average molecular weight is 304 g/mol. The topological polar surface area (TPSA) is 105 Å². The molecule has 7 heteroatoms. The maximum atomic E-state index is 8.96. The minimum atomic E-state index is -0.333. The third-order valence-corrected chi connectivity index (χ3v) is 2.53. The molecule has 0 bridgehead atoms. The van der Waals surface area contributed by atoms with E-state index in [-0.39, 0.29) is 5.71 Å². The van der Waals surface area contributed by atoms with E-state index in [0.29, 0.717) is 21.5 Å². The maximum absolute atomic E-state index is 8.96. The number of hydrazone groups is 1. The van der Waals surface area contributed by atoms with E-state index in [1.54, 1.807) is 24.3 Å². The standard InChI is InChI=1S/C11H6BrN5O/c1-18-11-3-10(7(4-13)2-9(11)12)17-16-8(5-14)6-15/h2-3,17H,1H3. The summed E-state index contributed by atoms with van der Waals surface area (Å²) in [5.74, 6) is 0.502. The van der Waals surface area contributed by atoms with Gasteiger partial charge in [-0.15, -0.1) is 0 Å². The van der Waals surface area contributed by atoms with Gasteiger partial charge in [-0.1, -0.05) is 0 Å². The number of hydrogen-bond acceptors (Lipinski definition) is 6. The van der Waals surface area contributed by atoms with Crippen LogP contribution in [0.25, 0.3) is 0 Å². The van der Waals surface area contributed by atoms with Crippen LogP contribution in [0.4, 0.5) is 5.69 Å². The Balaban J connectivity index is 3.18. The van der Waals surface area contributed by atoms with Gasteiger partial charge >= 0.3 is 0 Å². The van der Waals surface area contributed by atoms with Gasteiger partial charge in [-0.3, -0.25) is 5.43 Å². The Kier molecular flexibility index (Phi) is 4.68. The van der Waals surface area contributed by atoms with Gasteiger partial charge in [0.25, 0.3) is 0 Å². The normalized spacial score (nSPS) is 8.39. The molecule has 0 atom stereocenters. The molecule has 18 heavy (non-hydrogen) atoms. The predicted molar refractivity (Wildman–Crippen MR) is 67.7 cm³/mol. The number of benzene rings is 1. The predicted octanol–water partition coefficient (Wildman–Crippen LogP) is 2.14. The zero-order valence-electron chi connectivity index (χ0n) is 9.23. The molecule has 0 saturated heterocycles. The Morgan fingerprint density at radius 1 is 1.33 bits per heavy atom. The van der Waals surface area contributed by atoms with Crippen LogP contribution < -0.4 is 10.2 Å². The molecule has 0 aliphatic rings. The monoisotopic (exact) mass is 303 g/mol. The van der Waals surface area contributed by atoms with Gasteiger partial charge in [-0.25, -0.2) is 0 Å². The second kappa shape index (κ2) is 6.24. The molecular formula is C11H6BrN5O. The van der Waals surface area contributed by atoms with Gasteiger partial charge in [-0.05, 0) is 22.0 Å². The van der Waals surface area contributed by atoms with E-state index in [1.807, 2.05) is 6.07 Å². The van der Waals surface area contributed by atoms with Gasteiger partial charge < -0.3 is 4.74 Å². The molecule has 1 aromatic carbocycles. The van der Waals surface area contributed by atoms with Gasteiger partial charge in [0.15, 0.2) is 0 Å². The van der Waals surface area contributed by atoms with Crippen molar-refractivity contribution >= 4 is 27.3 Å². The molecule has 0 heterocycles. The summed E-state index contributed by atoms with van der Waals surface area (Å²) in [4.78, 5) is 0. The Morgan fingerprint density at radius 3 is 2.50 bits per heavy atom. The molecule has 0 saturated carbocycles. The second-order valence-corrected chi connectivity index (χ2v) is 3.79. The van der Waals surface area contributed by atoms with Crippen LogP contribution in [0.5, 0.6) is 5.75 Å². The summed E-state index contributed by atoms with van der Waals surface area (Å²) in [7, 11) is 1.48. The van der Waals surface area contributed by atoms with Crippen LogP contribution in [0, 0.1) is 34.0 Å². The van der Waals surface area contributed by atoms with Crippen molar-refractivity contribution < 1.29 is 4.74 Å². The van der Waals surface area contributed by atoms with Crippen molar-refractivity contribution in [1.82, 2.24) is 0 Å². The summed E-state index contributed by atoms with van der Waals surface area (Å²) in [6.07, 6.45) is 0. The van der Waals surface area contributed by atoms with Crippen molar-refractivity contribution in [2.75, 3.05) is 12.5 Å². The van der Waals surface area contributed by atoms with E-state index in [0.717, 1.165) is 0 Å². The van der Waals surface area contributed by atoms with Gasteiger partial charge in [0, 0.05) is 6.07 Å². The van der Waals surface area contributed by atoms with Crippen LogP contribution in [0.3, 0.4) is 0 Å². The first-order chi connectivity index (χ1) is 8.65. The lowest BCUT2D eigenvalue weighted by Gasteiger charge is -2.08. The van der Waals surface area contributed by atoms with E-state index in [9.17, 15) is 0 Å². The Hall–Kier alpha value is -2.56. The third-order valence-electron chi connectivity index (χ3n) is 1.91. The van der Waals surface area contributed by atoms with Crippen LogP contribution >= 0.6 is 15.9 Å². The molecule has 0 radical (unpaired) electrons. The largest absolute Gasteiger partial charge is 0.495 e. The summed E-state index contributed by atoms with van der Waals surface area (Å²) < 4.78 is 5.69. The van der Waals surface area contributed by atoms with Crippen LogP contribution in [0.2, 0.25) is 0 Å². The van der Waals surface area contributed by atoms with Gasteiger partial charge in [-0.2, -0.15) is 20.9 Å². The average Bonchev–Trinajstić information content (AvgIpc) is 2.40. The van der Waals surface area contributed by atoms with Gasteiger partial charge in [0.2, 0.25) is 5.71 Å². The van der Waals surface area contributed by atoms with Crippen LogP contribution in [0.1, 0.15) is 5.56 Å². The fourth-order valence-electron chi connectivity index (χ4n) is 1.09. The zero-order valence-corrected chi connectivity index (χ0v) is 10.8. The van der Waals surface area contributed by atoms with Crippen molar-refractivity contribution in [2.45, 2.75) is 0 Å². The highest BCUT2D eigenvalue weighted by Gasteiger charge is 2.08. The van der Waals surface area contributed by atoms with Crippen molar-refractivity contribution in [2.24, 2.45) is 5.10 Å². The Bertz CT molecular complexity index is 602. The Morgan fingerprint density at radius 2 is 2.00 bits per heavy atom. The number of nitriles is 3. The number of nitrogens with zero attached hydrogens (tertiary/aromatic N) is 4. The van der Waals surface area contributed by atoms with Gasteiger partial charge in [0.05, 0.1) is 22.8 Å². The summed E-state index contributed by atoms with van der Waals surface area (Å²) in [5, 5.41) is 29.6. The van der Waals surface area contributed by atoms with Crippen molar-refractivity contribution in [3.05, 3.63) is 22.2 Å². The molecule has 1 N–H and O–H groups in total. The molecule has 88 valence electrons. The maximum Gasteiger partial charge on any atom is 0.237 e. The smallest absolute Gasteiger partial charge is 0.237 e. The van der Waals surface area contributed by atoms with E-state index in [2.05, 4.69) is 26.5 Å². The number of nitrogens with one attached hydrogen (secondary N) is 1. The molecule has 0 aliphatic carbocycles. The highest BCUT2D eigenvalue weighted by molar-refractivity contribution is 9.10. The number of ether oxygens (including phenoxy) is 1. The van der Waals surface area contributed by atoms with E-state index < -0.39 is 0 Å². The van der Waals surface area contributed by atoms with Crippen molar-refractivity contribution in [3.63, 3.8) is 0 Å². The van der Waals surface area contributed by atoms with Gasteiger partial charge in [0.1, 0.15) is 24.0 Å². The lowest BCUT2D eigenvalue weighted by atomic mass is 10.2. The second-order valence-electron chi connectivity index (χ2n) is 2.94. The highest BCUT2D eigenvalue weighted by atomic mass is 79.9. The summed E-state index contributed by atoms with van der Waals surface area (Å²) in [6, 6.07) is 8.26. The van der Waals surface area contributed by atoms with E-state index >= 15 is 0 Å². The van der Waals surface area contributed by atoms with Crippen molar-refractivity contribution in [1.29, 1.82) is 15.8 Å². The number of halogens is 1. The molecule has 0 amide bonds. The first-order valence-corrected chi connectivity index (χ1v) is 5.37. The minimum absolute atomic E-state index is 0.307. The molecule has 1 rings (SSSR count). The number of hydrogen-bond donors (Lipinski definition) is 1. The first kappa shape index (κ1) is 13.5. The van der Waals surface area contributed by atoms with E-state index in [4.69, 9.17) is 20.5 Å². The number of anilines is 1. The lowest BCUT2D eigenvalue weighted by Crippen LogP contribution is -1.99. The summed E-state index contributed by atoms with van der Waals surface area (Å²) in [6.45, 7) is 0. The molecule has 0 aromatic heterocycles. The fraction of sp³-hybridized carbons (Fsp3) is 0.0909. The van der Waals surface area contributed by atoms with Crippen molar-refractivity contribution in [3.8, 4) is 24.0 Å². The molecule has 6 nitrogen and oxygen atoms in total. The quantitative estimate of drug-likeness (QED) is 0.680. The van der Waals surface area contributed by atoms with Crippen LogP contribution in [-0.4, -0.2) is 12.8 Å². The summed E-state index contributed by atoms with van der Waals surface area (Å²) >= 11 is 3.25. The molecule has 0 aliphatic heterocycles. The molecule has 1 aromatic rings. The van der Waals surface area contributed by atoms with Crippen LogP contribution in [0.15, 0.2) is 21.7 Å². The Labute approximate surface area is 112 Å². The minimum Gasteiger partial charge on any atom is -0.495 e. The summed E-state index contributed by atoms with van der Waals surface area (Å²) in [5.41, 5.74) is 2.81. The third kappa shape index (κ3) is 2.98. The van der Waals surface area contributed by atoms with Crippen LogP contribution in [-0.2, 0) is 0 Å².